The fourth-order valence-electron chi connectivity index (χ4n) is 2.50. The molecular weight excluding hydrogens is 236 g/mol. The van der Waals surface area contributed by atoms with E-state index in [4.69, 9.17) is 4.74 Å². The van der Waals surface area contributed by atoms with Crippen molar-refractivity contribution in [3.8, 4) is 11.6 Å². The van der Waals surface area contributed by atoms with Gasteiger partial charge in [0.05, 0.1) is 0 Å². The van der Waals surface area contributed by atoms with Crippen molar-refractivity contribution < 1.29 is 4.74 Å². The second-order valence-electron chi connectivity index (χ2n) is 4.85. The van der Waals surface area contributed by atoms with Crippen LogP contribution in [-0.2, 0) is 12.8 Å². The van der Waals surface area contributed by atoms with Crippen LogP contribution in [0.15, 0.2) is 36.4 Å². The van der Waals surface area contributed by atoms with E-state index in [1.807, 2.05) is 31.3 Å². The normalized spacial score (nSPS) is 13.7. The quantitative estimate of drug-likeness (QED) is 0.904. The first-order valence-electron chi connectivity index (χ1n) is 6.79. The van der Waals surface area contributed by atoms with Crippen molar-refractivity contribution in [2.45, 2.75) is 25.7 Å². The highest BCUT2D eigenvalue weighted by Gasteiger charge is 2.10. The van der Waals surface area contributed by atoms with Gasteiger partial charge in [-0.1, -0.05) is 12.1 Å². The van der Waals surface area contributed by atoms with Gasteiger partial charge in [-0.3, -0.25) is 0 Å². The molecule has 0 bridgehead atoms. The summed E-state index contributed by atoms with van der Waals surface area (Å²) in [5.74, 6) is 2.32. The highest BCUT2D eigenvalue weighted by Crippen LogP contribution is 2.28. The summed E-state index contributed by atoms with van der Waals surface area (Å²) in [4.78, 5) is 4.37. The average Bonchev–Trinajstić information content (AvgIpc) is 2.47. The number of aromatic nitrogens is 1. The number of fused-ring (bicyclic) bond motifs is 1. The molecule has 0 atom stereocenters. The Hall–Kier alpha value is -2.03. The summed E-state index contributed by atoms with van der Waals surface area (Å²) < 4.78 is 5.84. The minimum absolute atomic E-state index is 0.627. The molecule has 98 valence electrons. The van der Waals surface area contributed by atoms with Crippen molar-refractivity contribution in [3.63, 3.8) is 0 Å². The Morgan fingerprint density at radius 2 is 1.89 bits per heavy atom. The Bertz CT molecular complexity index is 581. The van der Waals surface area contributed by atoms with Crippen molar-refractivity contribution in [3.05, 3.63) is 47.5 Å². The predicted molar refractivity (Wildman–Crippen MR) is 76.9 cm³/mol. The van der Waals surface area contributed by atoms with Crippen molar-refractivity contribution in [1.29, 1.82) is 0 Å². The number of benzene rings is 1. The lowest BCUT2D eigenvalue weighted by atomic mass is 9.92. The van der Waals surface area contributed by atoms with Crippen LogP contribution in [0.2, 0.25) is 0 Å². The van der Waals surface area contributed by atoms with E-state index in [-0.39, 0.29) is 0 Å². The number of anilines is 1. The SMILES string of the molecule is CNc1cccc(Oc2ccc3c(c2)CCCC3)n1. The molecule has 1 aliphatic rings. The molecule has 0 fully saturated rings. The van der Waals surface area contributed by atoms with E-state index < -0.39 is 0 Å². The van der Waals surface area contributed by atoms with E-state index in [2.05, 4.69) is 22.4 Å². The van der Waals surface area contributed by atoms with Crippen molar-refractivity contribution in [2.24, 2.45) is 0 Å². The van der Waals surface area contributed by atoms with E-state index in [1.165, 1.54) is 30.4 Å². The number of rotatable bonds is 3. The fraction of sp³-hybridized carbons (Fsp3) is 0.312. The summed E-state index contributed by atoms with van der Waals surface area (Å²) in [5.41, 5.74) is 2.89. The number of ether oxygens (including phenoxy) is 1. The highest BCUT2D eigenvalue weighted by molar-refractivity contribution is 5.40. The minimum Gasteiger partial charge on any atom is -0.439 e. The highest BCUT2D eigenvalue weighted by atomic mass is 16.5. The molecule has 3 rings (SSSR count). The van der Waals surface area contributed by atoms with Gasteiger partial charge in [0.25, 0.3) is 0 Å². The third-order valence-corrected chi connectivity index (χ3v) is 3.52. The van der Waals surface area contributed by atoms with Crippen LogP contribution in [0.1, 0.15) is 24.0 Å². The van der Waals surface area contributed by atoms with Crippen LogP contribution in [-0.4, -0.2) is 12.0 Å². The number of nitrogens with one attached hydrogen (secondary N) is 1. The lowest BCUT2D eigenvalue weighted by Gasteiger charge is -2.16. The second kappa shape index (κ2) is 5.31. The maximum absolute atomic E-state index is 5.84. The third-order valence-electron chi connectivity index (χ3n) is 3.52. The number of nitrogens with zero attached hydrogens (tertiary/aromatic N) is 1. The van der Waals surface area contributed by atoms with Gasteiger partial charge in [-0.25, -0.2) is 0 Å². The first-order chi connectivity index (χ1) is 9.35. The Labute approximate surface area is 113 Å². The molecule has 1 aromatic carbocycles. The van der Waals surface area contributed by atoms with Crippen LogP contribution >= 0.6 is 0 Å². The Morgan fingerprint density at radius 3 is 2.74 bits per heavy atom. The van der Waals surface area contributed by atoms with E-state index in [0.29, 0.717) is 5.88 Å². The Kier molecular flexibility index (Phi) is 3.36. The lowest BCUT2D eigenvalue weighted by Crippen LogP contribution is -2.02. The molecule has 0 radical (unpaired) electrons. The zero-order chi connectivity index (χ0) is 13.1. The van der Waals surface area contributed by atoms with Crippen molar-refractivity contribution in [2.75, 3.05) is 12.4 Å². The van der Waals surface area contributed by atoms with Gasteiger partial charge in [0.1, 0.15) is 11.6 Å². The Balaban J connectivity index is 1.82. The minimum atomic E-state index is 0.627. The molecule has 2 aromatic rings. The van der Waals surface area contributed by atoms with Gasteiger partial charge in [-0.2, -0.15) is 4.98 Å². The topological polar surface area (TPSA) is 34.1 Å². The van der Waals surface area contributed by atoms with Gasteiger partial charge in [0, 0.05) is 13.1 Å². The number of aryl methyl sites for hydroxylation is 2. The van der Waals surface area contributed by atoms with Gasteiger partial charge in [0.15, 0.2) is 0 Å². The lowest BCUT2D eigenvalue weighted by molar-refractivity contribution is 0.462. The zero-order valence-electron chi connectivity index (χ0n) is 11.1. The van der Waals surface area contributed by atoms with Crippen LogP contribution in [0, 0.1) is 0 Å². The summed E-state index contributed by atoms with van der Waals surface area (Å²) >= 11 is 0. The summed E-state index contributed by atoms with van der Waals surface area (Å²) in [6, 6.07) is 12.1. The molecule has 0 saturated carbocycles. The molecule has 0 unspecified atom stereocenters. The van der Waals surface area contributed by atoms with Crippen LogP contribution in [0.5, 0.6) is 11.6 Å². The zero-order valence-corrected chi connectivity index (χ0v) is 11.1. The molecule has 1 heterocycles. The average molecular weight is 254 g/mol. The smallest absolute Gasteiger partial charge is 0.221 e. The van der Waals surface area contributed by atoms with E-state index in [1.54, 1.807) is 0 Å². The van der Waals surface area contributed by atoms with Crippen LogP contribution < -0.4 is 10.1 Å². The van der Waals surface area contributed by atoms with Crippen molar-refractivity contribution in [1.82, 2.24) is 4.98 Å². The first-order valence-corrected chi connectivity index (χ1v) is 6.79. The van der Waals surface area contributed by atoms with Gasteiger partial charge in [-0.05, 0) is 55.0 Å². The molecular formula is C16H18N2O. The largest absolute Gasteiger partial charge is 0.439 e. The first kappa shape index (κ1) is 12.0. The standard InChI is InChI=1S/C16H18N2O/c1-17-15-7-4-8-16(18-15)19-14-10-9-12-5-2-3-6-13(12)11-14/h4,7-11H,2-3,5-6H2,1H3,(H,17,18). The van der Waals surface area contributed by atoms with Gasteiger partial charge in [0.2, 0.25) is 5.88 Å². The molecule has 0 spiro atoms. The van der Waals surface area contributed by atoms with Gasteiger partial charge in [-0.15, -0.1) is 0 Å². The van der Waals surface area contributed by atoms with Gasteiger partial charge >= 0.3 is 0 Å². The summed E-state index contributed by atoms with van der Waals surface area (Å²) in [6.45, 7) is 0. The fourth-order valence-corrected chi connectivity index (χ4v) is 2.50. The van der Waals surface area contributed by atoms with Crippen LogP contribution in [0.25, 0.3) is 0 Å². The van der Waals surface area contributed by atoms with Crippen LogP contribution in [0.4, 0.5) is 5.82 Å². The van der Waals surface area contributed by atoms with Crippen LogP contribution in [0.3, 0.4) is 0 Å². The predicted octanol–water partition coefficient (Wildman–Crippen LogP) is 3.79. The van der Waals surface area contributed by atoms with Gasteiger partial charge < -0.3 is 10.1 Å². The second-order valence-corrected chi connectivity index (χ2v) is 4.85. The molecule has 0 aliphatic heterocycles. The maximum Gasteiger partial charge on any atom is 0.221 e. The van der Waals surface area contributed by atoms with E-state index in [9.17, 15) is 0 Å². The summed E-state index contributed by atoms with van der Waals surface area (Å²) in [6.07, 6.45) is 4.95. The number of hydrogen-bond acceptors (Lipinski definition) is 3. The maximum atomic E-state index is 5.84. The molecule has 3 heteroatoms. The third kappa shape index (κ3) is 2.70. The molecule has 0 amide bonds. The molecule has 1 aliphatic carbocycles. The molecule has 19 heavy (non-hydrogen) atoms. The molecule has 0 saturated heterocycles. The Morgan fingerprint density at radius 1 is 1.05 bits per heavy atom. The van der Waals surface area contributed by atoms with E-state index in [0.717, 1.165) is 18.0 Å². The monoisotopic (exact) mass is 254 g/mol. The molecule has 3 nitrogen and oxygen atoms in total. The molecule has 1 N–H and O–H groups in total. The number of hydrogen-bond donors (Lipinski definition) is 1. The van der Waals surface area contributed by atoms with E-state index >= 15 is 0 Å². The summed E-state index contributed by atoms with van der Waals surface area (Å²) in [5, 5.41) is 3.01. The molecule has 1 aromatic heterocycles. The van der Waals surface area contributed by atoms with Crippen molar-refractivity contribution >= 4 is 5.82 Å². The summed E-state index contributed by atoms with van der Waals surface area (Å²) in [7, 11) is 1.85. The number of pyridine rings is 1.